The number of primary amides is 1. The van der Waals surface area contributed by atoms with Crippen molar-refractivity contribution in [2.75, 3.05) is 13.1 Å². The van der Waals surface area contributed by atoms with Crippen molar-refractivity contribution in [3.63, 3.8) is 0 Å². The number of urea groups is 1. The van der Waals surface area contributed by atoms with Gasteiger partial charge in [0.15, 0.2) is 0 Å². The zero-order valence-corrected chi connectivity index (χ0v) is 16.1. The average Bonchev–Trinajstić information content (AvgIpc) is 3.21. The van der Waals surface area contributed by atoms with Crippen molar-refractivity contribution >= 4 is 27.6 Å². The molecule has 1 aromatic carbocycles. The largest absolute Gasteiger partial charge is 0.431 e. The molecule has 28 heavy (non-hydrogen) atoms. The fourth-order valence-corrected chi connectivity index (χ4v) is 5.11. The van der Waals surface area contributed by atoms with Crippen molar-refractivity contribution in [2.45, 2.75) is 31.5 Å². The number of pyridine rings is 1. The molecule has 2 saturated heterocycles. The van der Waals surface area contributed by atoms with Crippen molar-refractivity contribution in [1.29, 1.82) is 0 Å². The second kappa shape index (κ2) is 7.03. The van der Waals surface area contributed by atoms with Crippen LogP contribution in [0.5, 0.6) is 10.9 Å². The van der Waals surface area contributed by atoms with E-state index in [-0.39, 0.29) is 18.1 Å². The van der Waals surface area contributed by atoms with Crippen LogP contribution in [0, 0.1) is 0 Å². The number of piperazine rings is 1. The molecular formula is C20H21N5O2S. The van der Waals surface area contributed by atoms with E-state index in [0.29, 0.717) is 5.19 Å². The highest BCUT2D eigenvalue weighted by Crippen LogP contribution is 2.32. The van der Waals surface area contributed by atoms with Crippen molar-refractivity contribution in [2.24, 2.45) is 5.73 Å². The van der Waals surface area contributed by atoms with Gasteiger partial charge in [0.05, 0.1) is 10.9 Å². The van der Waals surface area contributed by atoms with Gasteiger partial charge in [-0.2, -0.15) is 0 Å². The molecule has 2 aliphatic heterocycles. The first-order valence-electron chi connectivity index (χ1n) is 9.43. The monoisotopic (exact) mass is 395 g/mol. The number of likely N-dealkylation sites (tertiary alicyclic amines) is 1. The molecule has 5 rings (SSSR count). The highest BCUT2D eigenvalue weighted by atomic mass is 32.1. The van der Waals surface area contributed by atoms with Gasteiger partial charge < -0.3 is 15.4 Å². The molecular weight excluding hydrogens is 374 g/mol. The van der Waals surface area contributed by atoms with Gasteiger partial charge in [-0.05, 0) is 36.6 Å². The number of carbonyl (C=O) groups is 1. The number of nitrogens with zero attached hydrogens (tertiary/aromatic N) is 4. The van der Waals surface area contributed by atoms with Gasteiger partial charge in [-0.15, -0.1) is 0 Å². The van der Waals surface area contributed by atoms with E-state index in [1.807, 2.05) is 23.1 Å². The smallest absolute Gasteiger partial charge is 0.315 e. The Bertz CT molecular complexity index is 958. The van der Waals surface area contributed by atoms with Crippen LogP contribution in [0.25, 0.3) is 10.2 Å². The summed E-state index contributed by atoms with van der Waals surface area (Å²) in [6, 6.07) is 10.3. The number of ether oxygens (including phenoxy) is 1. The molecule has 0 aliphatic carbocycles. The number of nitrogens with two attached hydrogens (primary N) is 1. The number of amides is 2. The molecule has 0 saturated carbocycles. The van der Waals surface area contributed by atoms with Crippen LogP contribution in [-0.4, -0.2) is 51.0 Å². The van der Waals surface area contributed by atoms with E-state index in [0.717, 1.165) is 48.4 Å². The molecule has 4 heterocycles. The van der Waals surface area contributed by atoms with Crippen molar-refractivity contribution < 1.29 is 9.53 Å². The molecule has 8 heteroatoms. The first-order valence-corrected chi connectivity index (χ1v) is 10.2. The van der Waals surface area contributed by atoms with Gasteiger partial charge in [-0.1, -0.05) is 23.5 Å². The van der Waals surface area contributed by atoms with E-state index >= 15 is 0 Å². The van der Waals surface area contributed by atoms with Gasteiger partial charge in [0.2, 0.25) is 0 Å². The minimum atomic E-state index is -0.278. The normalized spacial score (nSPS) is 21.9. The maximum absolute atomic E-state index is 11.6. The first-order chi connectivity index (χ1) is 13.7. The molecule has 2 fully saturated rings. The van der Waals surface area contributed by atoms with Crippen LogP contribution in [0.1, 0.15) is 18.4 Å². The Kier molecular flexibility index (Phi) is 4.37. The molecule has 2 aromatic heterocycles. The Hall–Kier alpha value is -2.71. The van der Waals surface area contributed by atoms with E-state index in [4.69, 9.17) is 10.5 Å². The topological polar surface area (TPSA) is 84.6 Å². The fraction of sp³-hybridized carbons (Fsp3) is 0.350. The average molecular weight is 395 g/mol. The predicted octanol–water partition coefficient (Wildman–Crippen LogP) is 3.21. The number of fused-ring (bicyclic) bond motifs is 3. The summed E-state index contributed by atoms with van der Waals surface area (Å²) in [5.74, 6) is 0.773. The molecule has 0 radical (unpaired) electrons. The molecule has 144 valence electrons. The van der Waals surface area contributed by atoms with E-state index in [1.165, 1.54) is 16.9 Å². The Morgan fingerprint density at radius 3 is 2.61 bits per heavy atom. The van der Waals surface area contributed by atoms with Crippen LogP contribution < -0.4 is 10.5 Å². The van der Waals surface area contributed by atoms with Gasteiger partial charge >= 0.3 is 6.03 Å². The summed E-state index contributed by atoms with van der Waals surface area (Å²) >= 11 is 1.51. The first kappa shape index (κ1) is 17.4. The molecule has 2 atom stereocenters. The fourth-order valence-electron chi connectivity index (χ4n) is 4.30. The summed E-state index contributed by atoms with van der Waals surface area (Å²) in [5, 5.41) is 0.620. The van der Waals surface area contributed by atoms with E-state index in [2.05, 4.69) is 27.0 Å². The van der Waals surface area contributed by atoms with Crippen LogP contribution in [-0.2, 0) is 6.54 Å². The number of carbonyl (C=O) groups excluding carboxylic acids is 1. The summed E-state index contributed by atoms with van der Waals surface area (Å²) in [6.45, 7) is 2.64. The van der Waals surface area contributed by atoms with E-state index in [9.17, 15) is 4.79 Å². The second-order valence-electron chi connectivity index (χ2n) is 7.39. The summed E-state index contributed by atoms with van der Waals surface area (Å²) in [7, 11) is 0. The molecule has 2 amide bonds. The predicted molar refractivity (Wildman–Crippen MR) is 107 cm³/mol. The van der Waals surface area contributed by atoms with Crippen LogP contribution >= 0.6 is 11.3 Å². The van der Waals surface area contributed by atoms with Gasteiger partial charge in [0, 0.05) is 37.9 Å². The van der Waals surface area contributed by atoms with Crippen LogP contribution in [0.4, 0.5) is 4.79 Å². The molecule has 0 spiro atoms. The zero-order chi connectivity index (χ0) is 19.1. The van der Waals surface area contributed by atoms with Crippen LogP contribution in [0.2, 0.25) is 0 Å². The van der Waals surface area contributed by atoms with Gasteiger partial charge in [-0.3, -0.25) is 9.88 Å². The lowest BCUT2D eigenvalue weighted by Crippen LogP contribution is -2.56. The number of thiazole rings is 1. The SMILES string of the molecule is NC(=O)N1[C@@H]2CC[C@H]1CN(Cc1ccc(Oc3nc4cnccc4s3)cc1)C2. The minimum Gasteiger partial charge on any atom is -0.431 e. The van der Waals surface area contributed by atoms with Crippen LogP contribution in [0.3, 0.4) is 0 Å². The molecule has 0 unspecified atom stereocenters. The lowest BCUT2D eigenvalue weighted by atomic mass is 10.1. The minimum absolute atomic E-state index is 0.257. The number of aromatic nitrogens is 2. The standard InChI is InChI=1S/C20H21N5O2S/c21-19(26)25-14-3-4-15(25)12-24(11-14)10-13-1-5-16(6-2-13)27-20-23-17-9-22-8-7-18(17)28-20/h1-2,5-9,14-15H,3-4,10-12H2,(H2,21,26)/t14-,15+. The third kappa shape index (κ3) is 3.29. The summed E-state index contributed by atoms with van der Waals surface area (Å²) in [5.41, 5.74) is 7.62. The molecule has 7 nitrogen and oxygen atoms in total. The van der Waals surface area contributed by atoms with E-state index in [1.54, 1.807) is 12.4 Å². The molecule has 3 aromatic rings. The van der Waals surface area contributed by atoms with Gasteiger partial charge in [0.1, 0.15) is 11.3 Å². The number of rotatable bonds is 4. The van der Waals surface area contributed by atoms with Crippen molar-refractivity contribution in [1.82, 2.24) is 19.8 Å². The zero-order valence-electron chi connectivity index (χ0n) is 15.3. The molecule has 2 bridgehead atoms. The quantitative estimate of drug-likeness (QED) is 0.733. The number of benzene rings is 1. The molecule has 2 N–H and O–H groups in total. The van der Waals surface area contributed by atoms with Gasteiger partial charge in [0.25, 0.3) is 5.19 Å². The Labute approximate surface area is 166 Å². The third-order valence-corrected chi connectivity index (χ3v) is 6.43. The highest BCUT2D eigenvalue weighted by molar-refractivity contribution is 7.20. The lowest BCUT2D eigenvalue weighted by Gasteiger charge is -2.40. The Balaban J connectivity index is 1.23. The van der Waals surface area contributed by atoms with Crippen molar-refractivity contribution in [3.05, 3.63) is 48.3 Å². The third-order valence-electron chi connectivity index (χ3n) is 5.52. The Morgan fingerprint density at radius 1 is 1.18 bits per heavy atom. The summed E-state index contributed by atoms with van der Waals surface area (Å²) < 4.78 is 6.96. The van der Waals surface area contributed by atoms with E-state index < -0.39 is 0 Å². The number of hydrogen-bond acceptors (Lipinski definition) is 6. The van der Waals surface area contributed by atoms with Crippen molar-refractivity contribution in [3.8, 4) is 10.9 Å². The Morgan fingerprint density at radius 2 is 1.93 bits per heavy atom. The maximum atomic E-state index is 11.6. The van der Waals surface area contributed by atoms with Gasteiger partial charge in [-0.25, -0.2) is 9.78 Å². The maximum Gasteiger partial charge on any atom is 0.315 e. The van der Waals surface area contributed by atoms with Crippen LogP contribution in [0.15, 0.2) is 42.7 Å². The highest BCUT2D eigenvalue weighted by Gasteiger charge is 2.41. The summed E-state index contributed by atoms with van der Waals surface area (Å²) in [4.78, 5) is 24.5. The summed E-state index contributed by atoms with van der Waals surface area (Å²) in [6.07, 6.45) is 5.60. The molecule has 2 aliphatic rings. The number of hydrogen-bond donors (Lipinski definition) is 1. The second-order valence-corrected chi connectivity index (χ2v) is 8.39. The lowest BCUT2D eigenvalue weighted by molar-refractivity contribution is 0.0883.